The van der Waals surface area contributed by atoms with E-state index in [1.54, 1.807) is 0 Å². The van der Waals surface area contributed by atoms with Crippen molar-refractivity contribution in [3.8, 4) is 0 Å². The van der Waals surface area contributed by atoms with Crippen molar-refractivity contribution in [1.82, 2.24) is 20.4 Å². The van der Waals surface area contributed by atoms with E-state index in [4.69, 9.17) is 16.4 Å². The van der Waals surface area contributed by atoms with E-state index >= 15 is 0 Å². The summed E-state index contributed by atoms with van der Waals surface area (Å²) in [5, 5.41) is 1.46. The lowest BCUT2D eigenvalue weighted by molar-refractivity contribution is -0.0435. The molecule has 1 atom stereocenters. The highest BCUT2D eigenvalue weighted by molar-refractivity contribution is 6.34. The van der Waals surface area contributed by atoms with Gasteiger partial charge in [-0.2, -0.15) is 5.48 Å². The second kappa shape index (κ2) is 5.07. The van der Waals surface area contributed by atoms with Gasteiger partial charge in [-0.25, -0.2) is 9.97 Å². The Balaban J connectivity index is 1.89. The highest BCUT2D eigenvalue weighted by atomic mass is 35.5. The molecule has 3 rings (SSSR count). The number of halogens is 1. The first-order valence-electron chi connectivity index (χ1n) is 6.56. The SMILES string of the molecule is CC(C)NOC1CCc2[nH]c3ncnc(Cl)c3c2C1. The van der Waals surface area contributed by atoms with Crippen molar-refractivity contribution in [1.29, 1.82) is 0 Å². The van der Waals surface area contributed by atoms with Gasteiger partial charge in [0.1, 0.15) is 17.1 Å². The Morgan fingerprint density at radius 2 is 2.32 bits per heavy atom. The summed E-state index contributed by atoms with van der Waals surface area (Å²) in [5.41, 5.74) is 6.25. The number of H-pyrrole nitrogens is 1. The molecule has 0 spiro atoms. The summed E-state index contributed by atoms with van der Waals surface area (Å²) < 4.78 is 0. The Morgan fingerprint density at radius 3 is 3.11 bits per heavy atom. The molecule has 0 fully saturated rings. The minimum atomic E-state index is 0.171. The number of nitrogens with one attached hydrogen (secondary N) is 2. The van der Waals surface area contributed by atoms with Gasteiger partial charge in [0.2, 0.25) is 0 Å². The van der Waals surface area contributed by atoms with Gasteiger partial charge in [-0.05, 0) is 32.3 Å². The molecule has 0 aliphatic heterocycles. The van der Waals surface area contributed by atoms with Gasteiger partial charge in [-0.15, -0.1) is 0 Å². The average molecular weight is 281 g/mol. The topological polar surface area (TPSA) is 62.8 Å². The maximum atomic E-state index is 6.18. The van der Waals surface area contributed by atoms with Crippen LogP contribution in [0.2, 0.25) is 5.15 Å². The van der Waals surface area contributed by atoms with Crippen LogP contribution in [0.4, 0.5) is 0 Å². The zero-order valence-corrected chi connectivity index (χ0v) is 11.8. The van der Waals surface area contributed by atoms with E-state index in [-0.39, 0.29) is 6.10 Å². The van der Waals surface area contributed by atoms with Gasteiger partial charge in [0.25, 0.3) is 0 Å². The summed E-state index contributed by atoms with van der Waals surface area (Å²) in [6.45, 7) is 4.12. The van der Waals surface area contributed by atoms with E-state index in [1.165, 1.54) is 17.6 Å². The van der Waals surface area contributed by atoms with Crippen LogP contribution in [-0.2, 0) is 17.7 Å². The number of hydrogen-bond acceptors (Lipinski definition) is 4. The number of nitrogens with zero attached hydrogens (tertiary/aromatic N) is 2. The van der Waals surface area contributed by atoms with Crippen LogP contribution < -0.4 is 5.48 Å². The minimum Gasteiger partial charge on any atom is -0.343 e. The van der Waals surface area contributed by atoms with Crippen LogP contribution in [0.1, 0.15) is 31.5 Å². The van der Waals surface area contributed by atoms with E-state index in [2.05, 4.69) is 34.3 Å². The summed E-state index contributed by atoms with van der Waals surface area (Å²) in [7, 11) is 0. The number of rotatable bonds is 3. The van der Waals surface area contributed by atoms with Gasteiger partial charge in [0.05, 0.1) is 11.5 Å². The number of aromatic nitrogens is 3. The van der Waals surface area contributed by atoms with Crippen LogP contribution in [0.15, 0.2) is 6.33 Å². The molecule has 1 aliphatic carbocycles. The first-order chi connectivity index (χ1) is 9.15. The van der Waals surface area contributed by atoms with E-state index in [0.717, 1.165) is 30.3 Å². The fourth-order valence-corrected chi connectivity index (χ4v) is 2.75. The zero-order valence-electron chi connectivity index (χ0n) is 11.0. The fourth-order valence-electron chi connectivity index (χ4n) is 2.50. The van der Waals surface area contributed by atoms with Crippen molar-refractivity contribution in [2.45, 2.75) is 45.3 Å². The number of aryl methyl sites for hydroxylation is 1. The molecule has 0 bridgehead atoms. The van der Waals surface area contributed by atoms with Gasteiger partial charge >= 0.3 is 0 Å². The summed E-state index contributed by atoms with van der Waals surface area (Å²) in [6.07, 6.45) is 4.44. The molecule has 5 nitrogen and oxygen atoms in total. The second-order valence-electron chi connectivity index (χ2n) is 5.23. The molecule has 0 radical (unpaired) electrons. The van der Waals surface area contributed by atoms with Crippen molar-refractivity contribution < 1.29 is 4.84 Å². The predicted molar refractivity (Wildman–Crippen MR) is 74.1 cm³/mol. The van der Waals surface area contributed by atoms with Crippen molar-refractivity contribution in [2.24, 2.45) is 0 Å². The molecule has 2 aromatic rings. The van der Waals surface area contributed by atoms with Gasteiger partial charge < -0.3 is 4.98 Å². The van der Waals surface area contributed by atoms with Crippen LogP contribution in [0, 0.1) is 0 Å². The first-order valence-corrected chi connectivity index (χ1v) is 6.94. The van der Waals surface area contributed by atoms with Gasteiger partial charge in [0, 0.05) is 18.2 Å². The molecule has 6 heteroatoms. The van der Waals surface area contributed by atoms with Crippen LogP contribution in [0.5, 0.6) is 0 Å². The summed E-state index contributed by atoms with van der Waals surface area (Å²) in [5.74, 6) is 0. The molecule has 2 N–H and O–H groups in total. The van der Waals surface area contributed by atoms with E-state index in [0.29, 0.717) is 11.2 Å². The normalized spacial score (nSPS) is 19.1. The first kappa shape index (κ1) is 12.8. The molecule has 2 aromatic heterocycles. The molecule has 0 aromatic carbocycles. The Labute approximate surface area is 116 Å². The summed E-state index contributed by atoms with van der Waals surface area (Å²) in [4.78, 5) is 17.3. The lowest BCUT2D eigenvalue weighted by Crippen LogP contribution is -2.32. The van der Waals surface area contributed by atoms with Crippen molar-refractivity contribution in [3.63, 3.8) is 0 Å². The highest BCUT2D eigenvalue weighted by Gasteiger charge is 2.25. The monoisotopic (exact) mass is 280 g/mol. The van der Waals surface area contributed by atoms with Gasteiger partial charge in [-0.1, -0.05) is 11.6 Å². The smallest absolute Gasteiger partial charge is 0.142 e. The van der Waals surface area contributed by atoms with Crippen molar-refractivity contribution in [3.05, 3.63) is 22.7 Å². The van der Waals surface area contributed by atoms with Gasteiger partial charge in [0.15, 0.2) is 0 Å². The third kappa shape index (κ3) is 2.45. The number of hydrogen-bond donors (Lipinski definition) is 2. The highest BCUT2D eigenvalue weighted by Crippen LogP contribution is 2.32. The van der Waals surface area contributed by atoms with E-state index < -0.39 is 0 Å². The van der Waals surface area contributed by atoms with Crippen molar-refractivity contribution >= 4 is 22.6 Å². The Hall–Kier alpha value is -1.17. The van der Waals surface area contributed by atoms with E-state index in [1.807, 2.05) is 0 Å². The lowest BCUT2D eigenvalue weighted by Gasteiger charge is -2.23. The van der Waals surface area contributed by atoms with Crippen LogP contribution >= 0.6 is 11.6 Å². The summed E-state index contributed by atoms with van der Waals surface area (Å²) >= 11 is 6.18. The lowest BCUT2D eigenvalue weighted by atomic mass is 9.94. The molecule has 2 heterocycles. The van der Waals surface area contributed by atoms with Crippen LogP contribution in [0.25, 0.3) is 11.0 Å². The number of aromatic amines is 1. The Morgan fingerprint density at radius 1 is 1.47 bits per heavy atom. The molecular formula is C13H17ClN4O. The van der Waals surface area contributed by atoms with Gasteiger partial charge in [-0.3, -0.25) is 4.84 Å². The summed E-state index contributed by atoms with van der Waals surface area (Å²) in [6, 6.07) is 0.316. The fraction of sp³-hybridized carbons (Fsp3) is 0.538. The molecule has 0 saturated carbocycles. The molecule has 0 saturated heterocycles. The second-order valence-corrected chi connectivity index (χ2v) is 5.58. The largest absolute Gasteiger partial charge is 0.343 e. The molecule has 1 unspecified atom stereocenters. The molecule has 19 heavy (non-hydrogen) atoms. The average Bonchev–Trinajstić information content (AvgIpc) is 2.75. The van der Waals surface area contributed by atoms with Crippen LogP contribution in [0.3, 0.4) is 0 Å². The molecule has 1 aliphatic rings. The predicted octanol–water partition coefficient (Wildman–Crippen LogP) is 2.40. The molecule has 0 amide bonds. The quantitative estimate of drug-likeness (QED) is 0.669. The molecular weight excluding hydrogens is 264 g/mol. The number of fused-ring (bicyclic) bond motifs is 3. The number of hydroxylamine groups is 1. The van der Waals surface area contributed by atoms with Crippen LogP contribution in [-0.4, -0.2) is 27.1 Å². The Kier molecular flexibility index (Phi) is 3.43. The zero-order chi connectivity index (χ0) is 13.4. The minimum absolute atomic E-state index is 0.171. The maximum absolute atomic E-state index is 6.18. The third-order valence-corrected chi connectivity index (χ3v) is 3.64. The maximum Gasteiger partial charge on any atom is 0.142 e. The Bertz CT molecular complexity index is 596. The third-order valence-electron chi connectivity index (χ3n) is 3.35. The molecule has 102 valence electrons. The van der Waals surface area contributed by atoms with Crippen molar-refractivity contribution in [2.75, 3.05) is 0 Å². The standard InChI is InChI=1S/C13H17ClN4O/c1-7(2)18-19-8-3-4-10-9(5-8)11-12(14)15-6-16-13(11)17-10/h6-8,18H,3-5H2,1-2H3,(H,15,16,17). The van der Waals surface area contributed by atoms with E-state index in [9.17, 15) is 0 Å².